The Morgan fingerprint density at radius 1 is 1.25 bits per heavy atom. The van der Waals surface area contributed by atoms with Crippen LogP contribution in [-0.4, -0.2) is 30.0 Å². The van der Waals surface area contributed by atoms with Crippen LogP contribution in [0.25, 0.3) is 0 Å². The number of allylic oxidation sites excluding steroid dienone is 1. The molecule has 1 aromatic rings. The zero-order chi connectivity index (χ0) is 20.4. The van der Waals surface area contributed by atoms with E-state index < -0.39 is 0 Å². The Hall–Kier alpha value is -1.36. The first kappa shape index (κ1) is 22.9. The molecule has 1 saturated carbocycles. The normalized spacial score (nSPS) is 22.1. The monoisotopic (exact) mass is 402 g/mol. The van der Waals surface area contributed by atoms with Gasteiger partial charge in [-0.2, -0.15) is 0 Å². The molecule has 2 rings (SSSR count). The fourth-order valence-corrected chi connectivity index (χ4v) is 4.85. The Morgan fingerprint density at radius 3 is 2.68 bits per heavy atom. The van der Waals surface area contributed by atoms with E-state index in [0.29, 0.717) is 18.6 Å². The van der Waals surface area contributed by atoms with Crippen molar-refractivity contribution in [3.63, 3.8) is 0 Å². The zero-order valence-electron chi connectivity index (χ0n) is 17.4. The predicted octanol–water partition coefficient (Wildman–Crippen LogP) is 6.20. The number of carbonyl (C=O) groups excluding carboxylic acids is 1. The van der Waals surface area contributed by atoms with E-state index >= 15 is 0 Å². The lowest BCUT2D eigenvalue weighted by Crippen LogP contribution is -2.31. The maximum Gasteiger partial charge on any atom is 0.161 e. The number of ether oxygens (including phenoxy) is 2. The van der Waals surface area contributed by atoms with E-state index in [9.17, 15) is 4.79 Å². The Kier molecular flexibility index (Phi) is 10.0. The SMILES string of the molecule is C=C1C(=O)CC(OC(C)OCC)C1C(/C=C/CCCCC)Sc1ccccc1. The lowest BCUT2D eigenvalue weighted by molar-refractivity contribution is -0.163. The summed E-state index contributed by atoms with van der Waals surface area (Å²) in [5.74, 6) is 0.0692. The molecule has 1 aliphatic rings. The maximum atomic E-state index is 12.5. The molecule has 0 bridgehead atoms. The van der Waals surface area contributed by atoms with Crippen LogP contribution in [0.2, 0.25) is 0 Å². The van der Waals surface area contributed by atoms with Gasteiger partial charge in [0.2, 0.25) is 0 Å². The van der Waals surface area contributed by atoms with E-state index in [1.54, 1.807) is 11.8 Å². The molecule has 0 amide bonds. The topological polar surface area (TPSA) is 35.5 Å². The van der Waals surface area contributed by atoms with Crippen LogP contribution in [0.3, 0.4) is 0 Å². The van der Waals surface area contributed by atoms with Crippen molar-refractivity contribution >= 4 is 17.5 Å². The molecule has 28 heavy (non-hydrogen) atoms. The van der Waals surface area contributed by atoms with Gasteiger partial charge in [0.25, 0.3) is 0 Å². The fraction of sp³-hybridized carbons (Fsp3) is 0.542. The minimum Gasteiger partial charge on any atom is -0.353 e. The molecule has 3 nitrogen and oxygen atoms in total. The molecule has 0 N–H and O–H groups in total. The van der Waals surface area contributed by atoms with E-state index in [1.807, 2.05) is 32.0 Å². The summed E-state index contributed by atoms with van der Waals surface area (Å²) in [6.45, 7) is 10.8. The van der Waals surface area contributed by atoms with E-state index in [0.717, 1.165) is 6.42 Å². The van der Waals surface area contributed by atoms with Crippen molar-refractivity contribution in [3.05, 3.63) is 54.6 Å². The number of hydrogen-bond acceptors (Lipinski definition) is 4. The molecule has 4 unspecified atom stereocenters. The van der Waals surface area contributed by atoms with E-state index in [-0.39, 0.29) is 29.3 Å². The minimum absolute atomic E-state index is 0.0389. The van der Waals surface area contributed by atoms with E-state index in [4.69, 9.17) is 9.47 Å². The summed E-state index contributed by atoms with van der Waals surface area (Å²) in [7, 11) is 0. The van der Waals surface area contributed by atoms with Crippen LogP contribution in [-0.2, 0) is 14.3 Å². The van der Waals surface area contributed by atoms with Crippen molar-refractivity contribution in [3.8, 4) is 0 Å². The highest BCUT2D eigenvalue weighted by Gasteiger charge is 2.42. The molecular weight excluding hydrogens is 368 g/mol. The van der Waals surface area contributed by atoms with Gasteiger partial charge in [-0.3, -0.25) is 4.79 Å². The maximum absolute atomic E-state index is 12.5. The molecule has 0 saturated heterocycles. The summed E-state index contributed by atoms with van der Waals surface area (Å²) in [5, 5.41) is 0.113. The lowest BCUT2D eigenvalue weighted by Gasteiger charge is -2.28. The molecule has 0 aromatic heterocycles. The molecule has 1 fully saturated rings. The van der Waals surface area contributed by atoms with Gasteiger partial charge in [-0.1, -0.05) is 56.7 Å². The van der Waals surface area contributed by atoms with Gasteiger partial charge in [-0.15, -0.1) is 11.8 Å². The third kappa shape index (κ3) is 6.91. The summed E-state index contributed by atoms with van der Waals surface area (Å²) in [6, 6.07) is 10.3. The second-order valence-corrected chi connectivity index (χ2v) is 8.45. The van der Waals surface area contributed by atoms with Gasteiger partial charge in [0.15, 0.2) is 12.1 Å². The Balaban J connectivity index is 2.18. The van der Waals surface area contributed by atoms with Crippen molar-refractivity contribution in [1.82, 2.24) is 0 Å². The van der Waals surface area contributed by atoms with Crippen LogP contribution < -0.4 is 0 Å². The van der Waals surface area contributed by atoms with Crippen molar-refractivity contribution < 1.29 is 14.3 Å². The number of Topliss-reactive ketones (excluding diaryl/α,β-unsaturated/α-hetero) is 1. The van der Waals surface area contributed by atoms with Gasteiger partial charge >= 0.3 is 0 Å². The minimum atomic E-state index is -0.327. The molecule has 1 aromatic carbocycles. The molecule has 4 heteroatoms. The smallest absolute Gasteiger partial charge is 0.161 e. The molecule has 0 heterocycles. The Morgan fingerprint density at radius 2 is 2.00 bits per heavy atom. The molecule has 0 spiro atoms. The highest BCUT2D eigenvalue weighted by molar-refractivity contribution is 8.00. The zero-order valence-corrected chi connectivity index (χ0v) is 18.3. The van der Waals surface area contributed by atoms with Crippen molar-refractivity contribution in [2.24, 2.45) is 5.92 Å². The third-order valence-electron chi connectivity index (χ3n) is 4.98. The first-order valence-corrected chi connectivity index (χ1v) is 11.3. The average molecular weight is 403 g/mol. The van der Waals surface area contributed by atoms with Crippen LogP contribution in [0.15, 0.2) is 59.5 Å². The highest BCUT2D eigenvalue weighted by Crippen LogP contribution is 2.41. The van der Waals surface area contributed by atoms with Gasteiger partial charge in [0.1, 0.15) is 0 Å². The van der Waals surface area contributed by atoms with Gasteiger partial charge in [-0.25, -0.2) is 0 Å². The third-order valence-corrected chi connectivity index (χ3v) is 6.25. The molecular formula is C24H34O3S. The number of thioether (sulfide) groups is 1. The van der Waals surface area contributed by atoms with Crippen molar-refractivity contribution in [1.29, 1.82) is 0 Å². The predicted molar refractivity (Wildman–Crippen MR) is 118 cm³/mol. The van der Waals surface area contributed by atoms with E-state index in [1.165, 1.54) is 24.2 Å². The standard InChI is InChI=1S/C24H34O3S/c1-5-7-8-9-13-16-23(28-20-14-11-10-12-15-20)24-18(3)21(25)17-22(24)27-19(4)26-6-2/h10-16,19,22-24H,3,5-9,17H2,1-2,4H3/b16-13+. The van der Waals surface area contributed by atoms with Crippen LogP contribution in [0.1, 0.15) is 52.9 Å². The molecule has 4 atom stereocenters. The summed E-state index contributed by atoms with van der Waals surface area (Å²) >= 11 is 1.78. The average Bonchev–Trinajstić information content (AvgIpc) is 2.95. The first-order valence-electron chi connectivity index (χ1n) is 10.4. The molecule has 0 aliphatic heterocycles. The Bertz CT molecular complexity index is 641. The number of carbonyl (C=O) groups is 1. The number of ketones is 1. The molecule has 1 aliphatic carbocycles. The number of rotatable bonds is 12. The Labute approximate surface area is 174 Å². The van der Waals surface area contributed by atoms with Crippen molar-refractivity contribution in [2.75, 3.05) is 6.61 Å². The second kappa shape index (κ2) is 12.3. The summed E-state index contributed by atoms with van der Waals surface area (Å²) in [4.78, 5) is 13.6. The van der Waals surface area contributed by atoms with Crippen LogP contribution in [0.5, 0.6) is 0 Å². The quantitative estimate of drug-likeness (QED) is 0.137. The van der Waals surface area contributed by atoms with Crippen molar-refractivity contribution in [2.45, 2.75) is 75.4 Å². The van der Waals surface area contributed by atoms with Gasteiger partial charge in [0, 0.05) is 29.1 Å². The van der Waals surface area contributed by atoms with Gasteiger partial charge < -0.3 is 9.47 Å². The second-order valence-electron chi connectivity index (χ2n) is 7.20. The summed E-state index contributed by atoms with van der Waals surface area (Å²) < 4.78 is 11.7. The number of hydrogen-bond donors (Lipinski definition) is 0. The number of benzene rings is 1. The number of unbranched alkanes of at least 4 members (excludes halogenated alkanes) is 3. The van der Waals surface area contributed by atoms with Crippen LogP contribution in [0.4, 0.5) is 0 Å². The van der Waals surface area contributed by atoms with E-state index in [2.05, 4.69) is 37.8 Å². The van der Waals surface area contributed by atoms with Gasteiger partial charge in [0.05, 0.1) is 6.10 Å². The largest absolute Gasteiger partial charge is 0.353 e. The van der Waals surface area contributed by atoms with Crippen LogP contribution >= 0.6 is 11.8 Å². The molecule has 154 valence electrons. The lowest BCUT2D eigenvalue weighted by atomic mass is 9.96. The molecule has 0 radical (unpaired) electrons. The fourth-order valence-electron chi connectivity index (χ4n) is 3.54. The summed E-state index contributed by atoms with van der Waals surface area (Å²) in [6.07, 6.45) is 9.10. The summed E-state index contributed by atoms with van der Waals surface area (Å²) in [5.41, 5.74) is 0.681. The van der Waals surface area contributed by atoms with Gasteiger partial charge in [-0.05, 0) is 44.4 Å². The highest BCUT2D eigenvalue weighted by atomic mass is 32.2. The van der Waals surface area contributed by atoms with Crippen LogP contribution in [0, 0.1) is 5.92 Å². The first-order chi connectivity index (χ1) is 13.6.